The lowest BCUT2D eigenvalue weighted by Gasteiger charge is -2.25. The molecule has 8 nitrogen and oxygen atoms in total. The Kier molecular flexibility index (Phi) is 6.28. The molecule has 1 heterocycles. The van der Waals surface area contributed by atoms with Gasteiger partial charge in [0.2, 0.25) is 5.91 Å². The summed E-state index contributed by atoms with van der Waals surface area (Å²) in [6.45, 7) is 2.87. The number of ether oxygens (including phenoxy) is 1. The summed E-state index contributed by atoms with van der Waals surface area (Å²) in [5, 5.41) is 13.1. The molecule has 3 rings (SSSR count). The Bertz CT molecular complexity index is 919. The minimum atomic E-state index is -0.528. The zero-order valence-corrected chi connectivity index (χ0v) is 16.7. The first-order valence-electron chi connectivity index (χ1n) is 8.91. The minimum absolute atomic E-state index is 0.0571. The van der Waals surface area contributed by atoms with E-state index in [1.807, 2.05) is 0 Å². The lowest BCUT2D eigenvalue weighted by atomic mass is 10.2. The fourth-order valence-electron chi connectivity index (χ4n) is 2.80. The van der Waals surface area contributed by atoms with E-state index in [1.165, 1.54) is 29.8 Å². The average Bonchev–Trinajstić information content (AvgIpc) is 2.95. The van der Waals surface area contributed by atoms with E-state index in [9.17, 15) is 19.5 Å². The zero-order chi connectivity index (χ0) is 21.0. The number of thioether (sulfide) groups is 1. The van der Waals surface area contributed by atoms with Crippen molar-refractivity contribution in [3.8, 4) is 11.5 Å². The van der Waals surface area contributed by atoms with Crippen LogP contribution in [0.4, 0.5) is 5.69 Å². The summed E-state index contributed by atoms with van der Waals surface area (Å²) in [6, 6.07) is 13.3. The SMILES string of the molecule is CC(=O)Nc1ccc(OCC(=O)NN2C(=O)C(C)SC2c2ccccc2O)cc1. The van der Waals surface area contributed by atoms with Gasteiger partial charge in [-0.15, -0.1) is 11.8 Å². The van der Waals surface area contributed by atoms with Crippen molar-refractivity contribution in [1.29, 1.82) is 0 Å². The summed E-state index contributed by atoms with van der Waals surface area (Å²) in [4.78, 5) is 35.8. The molecule has 2 unspecified atom stereocenters. The first kappa shape index (κ1) is 20.5. The first-order valence-corrected chi connectivity index (χ1v) is 9.86. The monoisotopic (exact) mass is 415 g/mol. The van der Waals surface area contributed by atoms with Crippen molar-refractivity contribution in [2.45, 2.75) is 24.5 Å². The number of aromatic hydroxyl groups is 1. The van der Waals surface area contributed by atoms with Gasteiger partial charge in [0.1, 0.15) is 16.9 Å². The molecule has 0 aliphatic carbocycles. The third-order valence-corrected chi connectivity index (χ3v) is 5.48. The van der Waals surface area contributed by atoms with Gasteiger partial charge >= 0.3 is 0 Å². The van der Waals surface area contributed by atoms with Gasteiger partial charge in [0.25, 0.3) is 11.8 Å². The summed E-state index contributed by atoms with van der Waals surface area (Å²) >= 11 is 1.34. The van der Waals surface area contributed by atoms with Crippen molar-refractivity contribution in [1.82, 2.24) is 10.4 Å². The van der Waals surface area contributed by atoms with Crippen LogP contribution in [0.25, 0.3) is 0 Å². The van der Waals surface area contributed by atoms with Crippen LogP contribution in [0.1, 0.15) is 24.8 Å². The third kappa shape index (κ3) is 5.00. The second-order valence-electron chi connectivity index (χ2n) is 6.43. The predicted molar refractivity (Wildman–Crippen MR) is 109 cm³/mol. The normalized spacial score (nSPS) is 18.4. The molecule has 2 atom stereocenters. The molecule has 2 aromatic rings. The van der Waals surface area contributed by atoms with E-state index in [0.717, 1.165) is 0 Å². The minimum Gasteiger partial charge on any atom is -0.508 e. The van der Waals surface area contributed by atoms with Crippen LogP contribution in [-0.4, -0.2) is 39.7 Å². The van der Waals surface area contributed by atoms with E-state index in [1.54, 1.807) is 49.4 Å². The number of rotatable bonds is 6. The summed E-state index contributed by atoms with van der Waals surface area (Å²) in [5.41, 5.74) is 3.74. The second kappa shape index (κ2) is 8.87. The number of hydrogen-bond donors (Lipinski definition) is 3. The van der Waals surface area contributed by atoms with E-state index < -0.39 is 11.3 Å². The number of nitrogens with one attached hydrogen (secondary N) is 2. The van der Waals surface area contributed by atoms with Gasteiger partial charge in [0, 0.05) is 18.2 Å². The Morgan fingerprint density at radius 1 is 1.17 bits per heavy atom. The van der Waals surface area contributed by atoms with Gasteiger partial charge in [-0.2, -0.15) is 0 Å². The van der Waals surface area contributed by atoms with Crippen LogP contribution in [0.5, 0.6) is 11.5 Å². The van der Waals surface area contributed by atoms with Crippen molar-refractivity contribution >= 4 is 35.2 Å². The maximum absolute atomic E-state index is 12.5. The summed E-state index contributed by atoms with van der Waals surface area (Å²) in [6.07, 6.45) is 0. The fourth-order valence-corrected chi connectivity index (χ4v) is 4.04. The molecule has 1 aliphatic rings. The topological polar surface area (TPSA) is 108 Å². The van der Waals surface area contributed by atoms with Crippen molar-refractivity contribution in [2.75, 3.05) is 11.9 Å². The zero-order valence-electron chi connectivity index (χ0n) is 15.9. The lowest BCUT2D eigenvalue weighted by molar-refractivity contribution is -0.141. The second-order valence-corrected chi connectivity index (χ2v) is 7.85. The van der Waals surface area contributed by atoms with Gasteiger partial charge < -0.3 is 15.2 Å². The molecule has 152 valence electrons. The van der Waals surface area contributed by atoms with E-state index in [4.69, 9.17) is 4.74 Å². The Hall–Kier alpha value is -3.20. The standard InChI is InChI=1S/C20H21N3O5S/c1-12-19(27)23(20(29-12)16-5-3-4-6-17(16)25)22-18(26)11-28-15-9-7-14(8-10-15)21-13(2)24/h3-10,12,20,25H,11H2,1-2H3,(H,21,24)(H,22,26). The highest BCUT2D eigenvalue weighted by Crippen LogP contribution is 2.44. The van der Waals surface area contributed by atoms with E-state index in [0.29, 0.717) is 17.0 Å². The number of benzene rings is 2. The van der Waals surface area contributed by atoms with Crippen molar-refractivity contribution in [3.63, 3.8) is 0 Å². The Morgan fingerprint density at radius 3 is 2.52 bits per heavy atom. The quantitative estimate of drug-likeness (QED) is 0.669. The Balaban J connectivity index is 1.62. The van der Waals surface area contributed by atoms with Crippen LogP contribution < -0.4 is 15.5 Å². The third-order valence-electron chi connectivity index (χ3n) is 4.15. The fraction of sp³-hybridized carbons (Fsp3) is 0.250. The molecular formula is C20H21N3O5S. The molecule has 0 spiro atoms. The van der Waals surface area contributed by atoms with Gasteiger partial charge in [-0.25, -0.2) is 5.01 Å². The van der Waals surface area contributed by atoms with Gasteiger partial charge in [-0.3, -0.25) is 19.8 Å². The molecule has 9 heteroatoms. The Morgan fingerprint density at radius 2 is 1.86 bits per heavy atom. The number of hydrogen-bond acceptors (Lipinski definition) is 6. The average molecular weight is 415 g/mol. The smallest absolute Gasteiger partial charge is 0.276 e. The summed E-state index contributed by atoms with van der Waals surface area (Å²) in [7, 11) is 0. The highest BCUT2D eigenvalue weighted by molar-refractivity contribution is 8.01. The number of carbonyl (C=O) groups is 3. The van der Waals surface area contributed by atoms with Crippen LogP contribution >= 0.6 is 11.8 Å². The summed E-state index contributed by atoms with van der Waals surface area (Å²) in [5.74, 6) is -0.432. The molecule has 0 radical (unpaired) electrons. The molecule has 0 aromatic heterocycles. The van der Waals surface area contributed by atoms with Crippen LogP contribution in [0.3, 0.4) is 0 Å². The highest BCUT2D eigenvalue weighted by atomic mass is 32.2. The van der Waals surface area contributed by atoms with Gasteiger partial charge in [-0.05, 0) is 37.3 Å². The molecule has 1 aliphatic heterocycles. The van der Waals surface area contributed by atoms with Crippen LogP contribution in [0.15, 0.2) is 48.5 Å². The number of anilines is 1. The molecule has 29 heavy (non-hydrogen) atoms. The lowest BCUT2D eigenvalue weighted by Crippen LogP contribution is -2.47. The highest BCUT2D eigenvalue weighted by Gasteiger charge is 2.40. The molecule has 3 amide bonds. The van der Waals surface area contributed by atoms with Crippen molar-refractivity contribution < 1.29 is 24.2 Å². The number of carbonyl (C=O) groups excluding carboxylic acids is 3. The van der Waals surface area contributed by atoms with Gasteiger partial charge in [0.05, 0.1) is 5.25 Å². The van der Waals surface area contributed by atoms with Crippen molar-refractivity contribution in [2.24, 2.45) is 0 Å². The molecule has 0 bridgehead atoms. The van der Waals surface area contributed by atoms with E-state index in [-0.39, 0.29) is 29.4 Å². The molecule has 1 saturated heterocycles. The Labute approximate surface area is 172 Å². The number of hydrazine groups is 1. The summed E-state index contributed by atoms with van der Waals surface area (Å²) < 4.78 is 5.45. The molecular weight excluding hydrogens is 394 g/mol. The van der Waals surface area contributed by atoms with Crippen LogP contribution in [-0.2, 0) is 14.4 Å². The number of phenolic OH excluding ortho intramolecular Hbond substituents is 1. The molecule has 0 saturated carbocycles. The number of amides is 3. The predicted octanol–water partition coefficient (Wildman–Crippen LogP) is 2.42. The van der Waals surface area contributed by atoms with E-state index in [2.05, 4.69) is 10.7 Å². The molecule has 2 aromatic carbocycles. The van der Waals surface area contributed by atoms with Crippen LogP contribution in [0.2, 0.25) is 0 Å². The van der Waals surface area contributed by atoms with Crippen LogP contribution in [0, 0.1) is 0 Å². The van der Waals surface area contributed by atoms with Gasteiger partial charge in [0.15, 0.2) is 6.61 Å². The maximum Gasteiger partial charge on any atom is 0.276 e. The number of phenols is 1. The maximum atomic E-state index is 12.5. The van der Waals surface area contributed by atoms with E-state index >= 15 is 0 Å². The first-order chi connectivity index (χ1) is 13.8. The largest absolute Gasteiger partial charge is 0.508 e. The number of para-hydroxylation sites is 1. The van der Waals surface area contributed by atoms with Gasteiger partial charge in [-0.1, -0.05) is 18.2 Å². The number of nitrogens with zero attached hydrogens (tertiary/aromatic N) is 1. The molecule has 1 fully saturated rings. The van der Waals surface area contributed by atoms with Crippen molar-refractivity contribution in [3.05, 3.63) is 54.1 Å². The molecule has 3 N–H and O–H groups in total.